The van der Waals surface area contributed by atoms with Crippen LogP contribution in [0.3, 0.4) is 0 Å². The van der Waals surface area contributed by atoms with Crippen LogP contribution in [0.4, 0.5) is 0 Å². The molecule has 0 bridgehead atoms. The van der Waals surface area contributed by atoms with Crippen LogP contribution in [-0.4, -0.2) is 18.0 Å². The van der Waals surface area contributed by atoms with Crippen molar-refractivity contribution < 1.29 is 9.47 Å². The Morgan fingerprint density at radius 1 is 1.10 bits per heavy atom. The van der Waals surface area contributed by atoms with Gasteiger partial charge in [0.25, 0.3) is 0 Å². The summed E-state index contributed by atoms with van der Waals surface area (Å²) < 4.78 is 13.1. The summed E-state index contributed by atoms with van der Waals surface area (Å²) in [7, 11) is 0. The predicted molar refractivity (Wildman–Crippen MR) is 88.1 cm³/mol. The van der Waals surface area contributed by atoms with E-state index in [2.05, 4.69) is 33.9 Å². The average Bonchev–Trinajstić information content (AvgIpc) is 2.38. The molecule has 0 amide bonds. The largest absolute Gasteiger partial charge is 0.346 e. The molecule has 1 saturated heterocycles. The van der Waals surface area contributed by atoms with E-state index < -0.39 is 0 Å². The molecule has 120 valence electrons. The highest BCUT2D eigenvalue weighted by Crippen LogP contribution is 2.48. The van der Waals surface area contributed by atoms with Crippen LogP contribution in [0.2, 0.25) is 0 Å². The van der Waals surface area contributed by atoms with Crippen molar-refractivity contribution in [2.24, 2.45) is 17.8 Å². The Balaban J connectivity index is 2.24. The van der Waals surface area contributed by atoms with Crippen molar-refractivity contribution in [1.29, 1.82) is 0 Å². The van der Waals surface area contributed by atoms with E-state index in [9.17, 15) is 0 Å². The summed E-state index contributed by atoms with van der Waals surface area (Å²) in [4.78, 5) is 0. The van der Waals surface area contributed by atoms with Crippen molar-refractivity contribution in [3.63, 3.8) is 0 Å². The summed E-state index contributed by atoms with van der Waals surface area (Å²) in [6, 6.07) is 0. The second-order valence-electron chi connectivity index (χ2n) is 7.31. The lowest BCUT2D eigenvalue weighted by atomic mass is 9.72. The molecule has 0 aromatic heterocycles. The Bertz CT molecular complexity index is 343. The molecule has 1 aliphatic carbocycles. The monoisotopic (exact) mass is 292 g/mol. The molecule has 2 rings (SSSR count). The maximum absolute atomic E-state index is 6.55. The zero-order chi connectivity index (χ0) is 15.5. The van der Waals surface area contributed by atoms with Crippen LogP contribution in [0.5, 0.6) is 0 Å². The fraction of sp³-hybridized carbons (Fsp3) is 0.789. The molecule has 1 heterocycles. The number of hydrogen-bond acceptors (Lipinski definition) is 2. The minimum atomic E-state index is -0.383. The molecular formula is C19H32O2. The third-order valence-corrected chi connectivity index (χ3v) is 5.09. The predicted octanol–water partition coefficient (Wildman–Crippen LogP) is 5.10. The maximum atomic E-state index is 6.55. The third-order valence-electron chi connectivity index (χ3n) is 5.09. The SMILES string of the molecule is C=CC[C@@H]1C[C@H](CC=C)OC2(C[C@H](C)CC[C@H]2C(C)C)O1. The molecule has 5 atom stereocenters. The van der Waals surface area contributed by atoms with Gasteiger partial charge in [-0.2, -0.15) is 0 Å². The maximum Gasteiger partial charge on any atom is 0.172 e. The van der Waals surface area contributed by atoms with Gasteiger partial charge in [-0.05, 0) is 31.1 Å². The zero-order valence-corrected chi connectivity index (χ0v) is 14.0. The number of rotatable bonds is 5. The van der Waals surface area contributed by atoms with Crippen molar-refractivity contribution in [2.45, 2.75) is 77.3 Å². The van der Waals surface area contributed by atoms with Crippen molar-refractivity contribution in [2.75, 3.05) is 0 Å². The standard InChI is InChI=1S/C19H32O2/c1-6-8-16-12-17(9-7-2)21-19(20-16)13-15(5)10-11-18(19)14(3)4/h6-7,14-18H,1-2,8-13H2,3-5H3/t15-,16-,17+,18+,19?/m1/s1. The fourth-order valence-corrected chi connectivity index (χ4v) is 4.18. The highest BCUT2D eigenvalue weighted by molar-refractivity contribution is 4.95. The Kier molecular flexibility index (Phi) is 5.67. The molecule has 21 heavy (non-hydrogen) atoms. The first kappa shape index (κ1) is 16.8. The van der Waals surface area contributed by atoms with Crippen molar-refractivity contribution in [3.8, 4) is 0 Å². The molecule has 0 N–H and O–H groups in total. The fourth-order valence-electron chi connectivity index (χ4n) is 4.18. The summed E-state index contributed by atoms with van der Waals surface area (Å²) in [5.74, 6) is 1.37. The van der Waals surface area contributed by atoms with Crippen LogP contribution < -0.4 is 0 Å². The van der Waals surface area contributed by atoms with Gasteiger partial charge in [-0.15, -0.1) is 13.2 Å². The molecule has 2 fully saturated rings. The Morgan fingerprint density at radius 2 is 1.67 bits per heavy atom. The molecule has 0 aromatic rings. The van der Waals surface area contributed by atoms with E-state index in [0.29, 0.717) is 17.8 Å². The van der Waals surface area contributed by atoms with Crippen LogP contribution in [0.15, 0.2) is 25.3 Å². The van der Waals surface area contributed by atoms with Gasteiger partial charge in [0, 0.05) is 18.8 Å². The Hall–Kier alpha value is -0.600. The molecule has 1 saturated carbocycles. The Labute approximate surface area is 130 Å². The van der Waals surface area contributed by atoms with Crippen molar-refractivity contribution >= 4 is 0 Å². The summed E-state index contributed by atoms with van der Waals surface area (Å²) in [6.07, 6.45) is 10.7. The van der Waals surface area contributed by atoms with Gasteiger partial charge in [0.1, 0.15) is 0 Å². The van der Waals surface area contributed by atoms with E-state index in [0.717, 1.165) is 25.7 Å². The van der Waals surface area contributed by atoms with Gasteiger partial charge < -0.3 is 9.47 Å². The zero-order valence-electron chi connectivity index (χ0n) is 14.0. The molecule has 1 spiro atoms. The minimum absolute atomic E-state index is 0.243. The quantitative estimate of drug-likeness (QED) is 0.656. The molecule has 0 radical (unpaired) electrons. The highest BCUT2D eigenvalue weighted by atomic mass is 16.7. The second-order valence-corrected chi connectivity index (χ2v) is 7.31. The molecule has 2 heteroatoms. The van der Waals surface area contributed by atoms with Gasteiger partial charge in [-0.3, -0.25) is 0 Å². The van der Waals surface area contributed by atoms with Crippen molar-refractivity contribution in [3.05, 3.63) is 25.3 Å². The van der Waals surface area contributed by atoms with Gasteiger partial charge in [0.15, 0.2) is 5.79 Å². The van der Waals surface area contributed by atoms with Gasteiger partial charge >= 0.3 is 0 Å². The lowest BCUT2D eigenvalue weighted by molar-refractivity contribution is -0.358. The van der Waals surface area contributed by atoms with Crippen LogP contribution in [0.25, 0.3) is 0 Å². The Morgan fingerprint density at radius 3 is 2.14 bits per heavy atom. The smallest absolute Gasteiger partial charge is 0.172 e. The molecular weight excluding hydrogens is 260 g/mol. The first-order valence-electron chi connectivity index (χ1n) is 8.58. The van der Waals surface area contributed by atoms with E-state index in [1.165, 1.54) is 12.8 Å². The van der Waals surface area contributed by atoms with E-state index in [-0.39, 0.29) is 18.0 Å². The highest BCUT2D eigenvalue weighted by Gasteiger charge is 2.51. The number of hydrogen-bond donors (Lipinski definition) is 0. The summed E-state index contributed by atoms with van der Waals surface area (Å²) in [6.45, 7) is 14.7. The molecule has 1 aliphatic heterocycles. The van der Waals surface area contributed by atoms with Crippen LogP contribution >= 0.6 is 0 Å². The molecule has 1 unspecified atom stereocenters. The molecule has 0 aromatic carbocycles. The van der Waals surface area contributed by atoms with E-state index in [1.807, 2.05) is 12.2 Å². The minimum Gasteiger partial charge on any atom is -0.346 e. The lowest BCUT2D eigenvalue weighted by Crippen LogP contribution is -2.56. The van der Waals surface area contributed by atoms with E-state index in [1.54, 1.807) is 0 Å². The van der Waals surface area contributed by atoms with Crippen LogP contribution in [0.1, 0.15) is 59.3 Å². The average molecular weight is 292 g/mol. The van der Waals surface area contributed by atoms with Gasteiger partial charge in [-0.25, -0.2) is 0 Å². The summed E-state index contributed by atoms with van der Waals surface area (Å²) in [5, 5.41) is 0. The first-order valence-corrected chi connectivity index (χ1v) is 8.58. The molecule has 2 nitrogen and oxygen atoms in total. The van der Waals surface area contributed by atoms with Crippen LogP contribution in [-0.2, 0) is 9.47 Å². The van der Waals surface area contributed by atoms with E-state index in [4.69, 9.17) is 9.47 Å². The second kappa shape index (κ2) is 7.11. The summed E-state index contributed by atoms with van der Waals surface area (Å²) in [5.41, 5.74) is 0. The van der Waals surface area contributed by atoms with E-state index >= 15 is 0 Å². The number of ether oxygens (including phenoxy) is 2. The van der Waals surface area contributed by atoms with Gasteiger partial charge in [0.2, 0.25) is 0 Å². The van der Waals surface area contributed by atoms with Gasteiger partial charge in [0.05, 0.1) is 12.2 Å². The summed E-state index contributed by atoms with van der Waals surface area (Å²) >= 11 is 0. The van der Waals surface area contributed by atoms with Crippen LogP contribution in [0, 0.1) is 17.8 Å². The normalized spacial score (nSPS) is 40.4. The molecule has 2 aliphatic rings. The topological polar surface area (TPSA) is 18.5 Å². The lowest BCUT2D eigenvalue weighted by Gasteiger charge is -2.53. The first-order chi connectivity index (χ1) is 10.0. The van der Waals surface area contributed by atoms with Crippen molar-refractivity contribution in [1.82, 2.24) is 0 Å². The van der Waals surface area contributed by atoms with Gasteiger partial charge in [-0.1, -0.05) is 39.3 Å². The third kappa shape index (κ3) is 3.78.